The Morgan fingerprint density at radius 2 is 1.82 bits per heavy atom. The normalized spacial score (nSPS) is 14.1. The fraction of sp³-hybridized carbons (Fsp3) is 0.125. The Morgan fingerprint density at radius 3 is 2.43 bits per heavy atom. The molecule has 2 aromatic carbocycles. The number of nitro benzene ring substituents is 1. The van der Waals surface area contributed by atoms with E-state index in [-0.39, 0.29) is 15.6 Å². The Bertz CT molecular complexity index is 1140. The highest BCUT2D eigenvalue weighted by Gasteiger charge is 2.27. The molecule has 12 heteroatoms. The van der Waals surface area contributed by atoms with Crippen molar-refractivity contribution in [1.82, 2.24) is 4.31 Å². The second-order valence-electron chi connectivity index (χ2n) is 5.80. The molecule has 3 rings (SSSR count). The predicted octanol–water partition coefficient (Wildman–Crippen LogP) is 3.02. The van der Waals surface area contributed by atoms with Crippen LogP contribution in [0.3, 0.4) is 0 Å². The molecule has 0 aliphatic rings. The summed E-state index contributed by atoms with van der Waals surface area (Å²) in [4.78, 5) is 22.2. The van der Waals surface area contributed by atoms with Crippen LogP contribution in [0.5, 0.6) is 5.75 Å². The number of benzene rings is 2. The molecule has 0 radical (unpaired) electrons. The summed E-state index contributed by atoms with van der Waals surface area (Å²) in [5.41, 5.74) is -0.225. The molecular formula is C16H14N2O7PS2-. The monoisotopic (exact) mass is 441 g/mol. The van der Waals surface area contributed by atoms with E-state index in [4.69, 9.17) is 4.52 Å². The van der Waals surface area contributed by atoms with Gasteiger partial charge in [0.2, 0.25) is 0 Å². The molecule has 28 heavy (non-hydrogen) atoms. The lowest BCUT2D eigenvalue weighted by atomic mass is 10.3. The molecule has 0 N–H and O–H groups in total. The van der Waals surface area contributed by atoms with Gasteiger partial charge in [-0.25, -0.2) is 8.42 Å². The van der Waals surface area contributed by atoms with Crippen LogP contribution in [0, 0.1) is 10.1 Å². The van der Waals surface area contributed by atoms with E-state index in [1.807, 2.05) is 0 Å². The van der Waals surface area contributed by atoms with Gasteiger partial charge in [0.15, 0.2) is 7.60 Å². The standard InChI is InChI=1S/C16H15N2O7PS2/c1-17(28(23,24)16-10-12-4-2-3-5-15(12)27-16)11-26(21,22)25-14-8-6-13(7-9-14)18(19)20/h2-10H,11H2,1H3,(H,21,22)/p-1. The van der Waals surface area contributed by atoms with Crippen LogP contribution in [-0.4, -0.2) is 31.0 Å². The van der Waals surface area contributed by atoms with Crippen molar-refractivity contribution in [1.29, 1.82) is 0 Å². The van der Waals surface area contributed by atoms with E-state index in [0.29, 0.717) is 4.31 Å². The zero-order valence-corrected chi connectivity index (χ0v) is 16.9. The van der Waals surface area contributed by atoms with Gasteiger partial charge >= 0.3 is 0 Å². The van der Waals surface area contributed by atoms with Gasteiger partial charge in [0.25, 0.3) is 15.7 Å². The number of nitro groups is 1. The molecule has 3 aromatic rings. The van der Waals surface area contributed by atoms with Gasteiger partial charge < -0.3 is 9.42 Å². The van der Waals surface area contributed by atoms with Gasteiger partial charge in [-0.3, -0.25) is 14.7 Å². The van der Waals surface area contributed by atoms with E-state index >= 15 is 0 Å². The number of thiophene rings is 1. The number of non-ortho nitro benzene ring substituents is 1. The first kappa shape index (κ1) is 20.4. The van der Waals surface area contributed by atoms with Crippen molar-refractivity contribution in [3.8, 4) is 5.75 Å². The molecule has 1 unspecified atom stereocenters. The summed E-state index contributed by atoms with van der Waals surface area (Å²) in [6.07, 6.45) is -0.888. The van der Waals surface area contributed by atoms with Crippen molar-refractivity contribution < 1.29 is 27.3 Å². The number of hydrogen-bond donors (Lipinski definition) is 0. The molecule has 0 saturated carbocycles. The second-order valence-corrected chi connectivity index (χ2v) is 10.8. The molecule has 148 valence electrons. The van der Waals surface area contributed by atoms with E-state index < -0.39 is 28.8 Å². The molecule has 0 aliphatic heterocycles. The second kappa shape index (κ2) is 7.61. The van der Waals surface area contributed by atoms with Crippen molar-refractivity contribution in [2.75, 3.05) is 13.3 Å². The predicted molar refractivity (Wildman–Crippen MR) is 103 cm³/mol. The van der Waals surface area contributed by atoms with E-state index in [1.165, 1.54) is 6.07 Å². The lowest BCUT2D eigenvalue weighted by molar-refractivity contribution is -0.384. The van der Waals surface area contributed by atoms with E-state index in [9.17, 15) is 28.0 Å². The maximum Gasteiger partial charge on any atom is 0.269 e. The molecule has 9 nitrogen and oxygen atoms in total. The van der Waals surface area contributed by atoms with Gasteiger partial charge in [-0.1, -0.05) is 18.2 Å². The minimum Gasteiger partial charge on any atom is -0.768 e. The lowest BCUT2D eigenvalue weighted by Gasteiger charge is -2.28. The van der Waals surface area contributed by atoms with E-state index in [0.717, 1.165) is 52.7 Å². The van der Waals surface area contributed by atoms with Crippen molar-refractivity contribution in [3.63, 3.8) is 0 Å². The van der Waals surface area contributed by atoms with Crippen molar-refractivity contribution in [2.24, 2.45) is 0 Å². The average molecular weight is 441 g/mol. The number of fused-ring (bicyclic) bond motifs is 1. The van der Waals surface area contributed by atoms with Crippen molar-refractivity contribution in [3.05, 3.63) is 64.7 Å². The fourth-order valence-electron chi connectivity index (χ4n) is 2.38. The van der Waals surface area contributed by atoms with Gasteiger partial charge in [-0.05, 0) is 29.7 Å². The molecule has 1 atom stereocenters. The van der Waals surface area contributed by atoms with Crippen molar-refractivity contribution >= 4 is 44.7 Å². The number of rotatable bonds is 7. The summed E-state index contributed by atoms with van der Waals surface area (Å²) < 4.78 is 44.0. The number of sulfonamides is 1. The highest BCUT2D eigenvalue weighted by atomic mass is 32.2. The third-order valence-corrected chi connectivity index (χ3v) is 8.55. The van der Waals surface area contributed by atoms with Crippen LogP contribution < -0.4 is 9.42 Å². The third kappa shape index (κ3) is 4.40. The number of hydrogen-bond acceptors (Lipinski definition) is 8. The van der Waals surface area contributed by atoms with Crippen LogP contribution >= 0.6 is 18.9 Å². The Hall–Kier alpha value is -2.30. The quantitative estimate of drug-likeness (QED) is 0.313. The van der Waals surface area contributed by atoms with Crippen LogP contribution in [0.15, 0.2) is 58.8 Å². The van der Waals surface area contributed by atoms with Gasteiger partial charge in [0, 0.05) is 23.9 Å². The summed E-state index contributed by atoms with van der Waals surface area (Å²) in [6, 6.07) is 13.0. The van der Waals surface area contributed by atoms with Gasteiger partial charge in [0.1, 0.15) is 9.96 Å². The smallest absolute Gasteiger partial charge is 0.269 e. The minimum absolute atomic E-state index is 0.0199. The van der Waals surface area contributed by atoms with Crippen LogP contribution in [0.1, 0.15) is 0 Å². The SMILES string of the molecule is CN(CP(=O)([O-])Oc1ccc([N+](=O)[O-])cc1)S(=O)(=O)c1cc2ccccc2s1. The zero-order valence-electron chi connectivity index (χ0n) is 14.4. The lowest BCUT2D eigenvalue weighted by Crippen LogP contribution is -2.31. The highest BCUT2D eigenvalue weighted by molar-refractivity contribution is 7.91. The topological polar surface area (TPSA) is 130 Å². The third-order valence-electron chi connectivity index (χ3n) is 3.73. The first-order chi connectivity index (χ1) is 13.1. The largest absolute Gasteiger partial charge is 0.768 e. The van der Waals surface area contributed by atoms with Crippen molar-refractivity contribution in [2.45, 2.75) is 4.21 Å². The van der Waals surface area contributed by atoms with Crippen LogP contribution in [0.2, 0.25) is 0 Å². The fourth-order valence-corrected chi connectivity index (χ4v) is 6.85. The first-order valence-electron chi connectivity index (χ1n) is 7.77. The zero-order chi connectivity index (χ0) is 20.5. The Labute approximate surface area is 164 Å². The summed E-state index contributed by atoms with van der Waals surface area (Å²) in [7, 11) is -7.52. The maximum atomic E-state index is 12.7. The molecule has 0 amide bonds. The molecule has 0 spiro atoms. The molecule has 1 aromatic heterocycles. The van der Waals surface area contributed by atoms with E-state index in [1.54, 1.807) is 24.3 Å². The number of nitrogens with zero attached hydrogens (tertiary/aromatic N) is 2. The average Bonchev–Trinajstić information content (AvgIpc) is 3.06. The van der Waals surface area contributed by atoms with Crippen LogP contribution in [0.25, 0.3) is 10.1 Å². The maximum absolute atomic E-state index is 12.7. The molecule has 1 heterocycles. The Balaban J connectivity index is 1.76. The molecular weight excluding hydrogens is 427 g/mol. The Morgan fingerprint density at radius 1 is 1.18 bits per heavy atom. The van der Waals surface area contributed by atoms with Crippen LogP contribution in [-0.2, 0) is 14.6 Å². The van der Waals surface area contributed by atoms with Crippen LogP contribution in [0.4, 0.5) is 5.69 Å². The minimum atomic E-state index is -4.63. The summed E-state index contributed by atoms with van der Waals surface area (Å²) in [5.74, 6) is -0.142. The van der Waals surface area contributed by atoms with Gasteiger partial charge in [-0.2, -0.15) is 4.31 Å². The summed E-state index contributed by atoms with van der Waals surface area (Å²) >= 11 is 1.04. The molecule has 0 saturated heterocycles. The first-order valence-corrected chi connectivity index (χ1v) is 11.8. The molecule has 0 fully saturated rings. The molecule has 0 aliphatic carbocycles. The van der Waals surface area contributed by atoms with E-state index in [2.05, 4.69) is 0 Å². The molecule has 0 bridgehead atoms. The van der Waals surface area contributed by atoms with Gasteiger partial charge in [0.05, 0.1) is 11.2 Å². The highest BCUT2D eigenvalue weighted by Crippen LogP contribution is 2.41. The summed E-state index contributed by atoms with van der Waals surface area (Å²) in [5, 5.41) is 11.4. The Kier molecular flexibility index (Phi) is 5.55. The summed E-state index contributed by atoms with van der Waals surface area (Å²) in [6.45, 7) is 0. The van der Waals surface area contributed by atoms with Gasteiger partial charge in [-0.15, -0.1) is 11.3 Å².